The number of aliphatic hydroxyl groups excluding tert-OH is 1. The Labute approximate surface area is 225 Å². The molecule has 1 saturated heterocycles. The van der Waals surface area contributed by atoms with E-state index in [1.807, 2.05) is 57.5 Å². The first-order valence-corrected chi connectivity index (χ1v) is 13.6. The minimum atomic E-state index is -0.839. The molecule has 200 valence electrons. The number of aliphatic imine (C=N–C) groups is 1. The molecule has 2 aromatic heterocycles. The number of hydrogen-bond acceptors (Lipinski definition) is 8. The Hall–Kier alpha value is -3.37. The lowest BCUT2D eigenvalue weighted by Gasteiger charge is -2.30. The minimum absolute atomic E-state index is 0.0864. The Morgan fingerprint density at radius 1 is 1.29 bits per heavy atom. The summed E-state index contributed by atoms with van der Waals surface area (Å²) >= 11 is 1.59. The number of ether oxygens (including phenoxy) is 1. The smallest absolute Gasteiger partial charge is 0.256 e. The van der Waals surface area contributed by atoms with Gasteiger partial charge in [-0.05, 0) is 36.0 Å². The van der Waals surface area contributed by atoms with Crippen molar-refractivity contribution in [2.24, 2.45) is 10.9 Å². The molecule has 2 amide bonds. The van der Waals surface area contributed by atoms with Crippen LogP contribution in [0.4, 0.5) is 0 Å². The van der Waals surface area contributed by atoms with Crippen LogP contribution in [0.3, 0.4) is 0 Å². The maximum Gasteiger partial charge on any atom is 0.256 e. The van der Waals surface area contributed by atoms with Gasteiger partial charge in [-0.2, -0.15) is 0 Å². The number of thiazole rings is 1. The fraction of sp³-hybridized carbons (Fsp3) is 0.464. The number of carbonyl (C=O) groups excluding carboxylic acids is 2. The maximum atomic E-state index is 13.8. The SMILES string of the molecule is COc1cc([C@@H](C(=O)N2C[C@H](O)C[C@@H]2C2=NC(=O)[C@@](C)(c3ccc(-c4scnc4C)cc3)C2)C(C)C)on1. The monoisotopic (exact) mass is 536 g/mol. The number of aliphatic hydroxyl groups is 1. The summed E-state index contributed by atoms with van der Waals surface area (Å²) in [6.07, 6.45) is 0.0174. The van der Waals surface area contributed by atoms with E-state index >= 15 is 0 Å². The second-order valence-corrected chi connectivity index (χ2v) is 11.5. The number of amides is 2. The second kappa shape index (κ2) is 10.1. The van der Waals surface area contributed by atoms with E-state index in [9.17, 15) is 14.7 Å². The number of hydrogen-bond donors (Lipinski definition) is 1. The van der Waals surface area contributed by atoms with Gasteiger partial charge in [0, 0.05) is 31.2 Å². The van der Waals surface area contributed by atoms with E-state index in [0.717, 1.165) is 21.7 Å². The van der Waals surface area contributed by atoms with Crippen LogP contribution in [0.25, 0.3) is 10.4 Å². The van der Waals surface area contributed by atoms with Gasteiger partial charge in [-0.25, -0.2) is 9.98 Å². The Morgan fingerprint density at radius 3 is 2.63 bits per heavy atom. The number of benzene rings is 1. The molecule has 10 heteroatoms. The quantitative estimate of drug-likeness (QED) is 0.482. The average Bonchev–Trinajstić information content (AvgIpc) is 3.67. The van der Waals surface area contributed by atoms with Crippen molar-refractivity contribution in [3.8, 4) is 16.3 Å². The molecule has 3 aromatic rings. The van der Waals surface area contributed by atoms with Crippen molar-refractivity contribution in [2.45, 2.75) is 64.0 Å². The fourth-order valence-electron chi connectivity index (χ4n) is 5.52. The van der Waals surface area contributed by atoms with E-state index in [0.29, 0.717) is 30.2 Å². The number of likely N-dealkylation sites (tertiary alicyclic amines) is 1. The van der Waals surface area contributed by atoms with E-state index in [2.05, 4.69) is 15.1 Å². The van der Waals surface area contributed by atoms with Gasteiger partial charge in [0.15, 0.2) is 5.76 Å². The van der Waals surface area contributed by atoms with Crippen LogP contribution in [0.5, 0.6) is 5.88 Å². The van der Waals surface area contributed by atoms with Crippen LogP contribution in [0.15, 0.2) is 45.4 Å². The van der Waals surface area contributed by atoms with Gasteiger partial charge in [0.2, 0.25) is 5.91 Å². The molecule has 0 aliphatic carbocycles. The maximum absolute atomic E-state index is 13.8. The summed E-state index contributed by atoms with van der Waals surface area (Å²) in [6, 6.07) is 9.14. The molecular weight excluding hydrogens is 504 g/mol. The van der Waals surface area contributed by atoms with Gasteiger partial charge in [-0.15, -0.1) is 11.3 Å². The summed E-state index contributed by atoms with van der Waals surface area (Å²) in [7, 11) is 1.49. The molecule has 1 aromatic carbocycles. The van der Waals surface area contributed by atoms with Gasteiger partial charge in [-0.1, -0.05) is 38.1 Å². The lowest BCUT2D eigenvalue weighted by Crippen LogP contribution is -2.44. The molecule has 2 aliphatic heterocycles. The Balaban J connectivity index is 1.39. The van der Waals surface area contributed by atoms with E-state index in [1.165, 1.54) is 7.11 Å². The zero-order chi connectivity index (χ0) is 27.2. The molecule has 0 unspecified atom stereocenters. The summed E-state index contributed by atoms with van der Waals surface area (Å²) in [5.41, 5.74) is 4.52. The van der Waals surface area contributed by atoms with Gasteiger partial charge in [-0.3, -0.25) is 9.59 Å². The average molecular weight is 537 g/mol. The van der Waals surface area contributed by atoms with Crippen molar-refractivity contribution in [2.75, 3.05) is 13.7 Å². The molecule has 4 heterocycles. The number of aromatic nitrogens is 2. The molecule has 0 bridgehead atoms. The summed E-state index contributed by atoms with van der Waals surface area (Å²) in [4.78, 5) is 38.7. The van der Waals surface area contributed by atoms with Gasteiger partial charge in [0.05, 0.1) is 40.8 Å². The van der Waals surface area contributed by atoms with Crippen molar-refractivity contribution in [1.29, 1.82) is 0 Å². The Morgan fingerprint density at radius 2 is 2.03 bits per heavy atom. The lowest BCUT2D eigenvalue weighted by molar-refractivity contribution is -0.134. The largest absolute Gasteiger partial charge is 0.479 e. The van der Waals surface area contributed by atoms with Gasteiger partial charge in [0.1, 0.15) is 5.92 Å². The normalized spacial score (nSPS) is 24.2. The first kappa shape index (κ1) is 26.2. The third kappa shape index (κ3) is 4.56. The molecule has 1 fully saturated rings. The van der Waals surface area contributed by atoms with E-state index in [1.54, 1.807) is 22.3 Å². The highest BCUT2D eigenvalue weighted by atomic mass is 32.1. The zero-order valence-electron chi connectivity index (χ0n) is 22.2. The van der Waals surface area contributed by atoms with Crippen LogP contribution in [0.2, 0.25) is 0 Å². The molecule has 0 spiro atoms. The molecular formula is C28H32N4O5S. The third-order valence-electron chi connectivity index (χ3n) is 7.68. The summed E-state index contributed by atoms with van der Waals surface area (Å²) in [6.45, 7) is 7.92. The minimum Gasteiger partial charge on any atom is -0.479 e. The molecule has 0 saturated carbocycles. The first-order chi connectivity index (χ1) is 18.1. The lowest BCUT2D eigenvalue weighted by atomic mass is 9.78. The summed E-state index contributed by atoms with van der Waals surface area (Å²) in [5, 5.41) is 14.4. The standard InChI is InChI=1S/C28H32N4O5S/c1-15(2)24(22-11-23(36-5)31-37-22)26(34)32-13-19(33)10-21(32)20-12-28(4,27(35)30-20)18-8-6-17(7-9-18)25-16(3)29-14-38-25/h6-9,11,14-15,19,21,24,33H,10,12-13H2,1-5H3/t19-,21-,24+,28-/m1/s1. The van der Waals surface area contributed by atoms with Gasteiger partial charge in [0.25, 0.3) is 11.8 Å². The molecule has 2 aliphatic rings. The molecule has 38 heavy (non-hydrogen) atoms. The molecule has 9 nitrogen and oxygen atoms in total. The van der Waals surface area contributed by atoms with Crippen LogP contribution in [-0.4, -0.2) is 63.5 Å². The number of β-amino-alcohol motifs (C(OH)–C–C–N with tert-alkyl or cyclic N) is 1. The van der Waals surface area contributed by atoms with Crippen LogP contribution < -0.4 is 4.74 Å². The fourth-order valence-corrected chi connectivity index (χ4v) is 6.33. The van der Waals surface area contributed by atoms with Crippen LogP contribution >= 0.6 is 11.3 Å². The van der Waals surface area contributed by atoms with E-state index in [-0.39, 0.29) is 24.3 Å². The number of aryl methyl sites for hydroxylation is 1. The number of carbonyl (C=O) groups is 2. The number of nitrogens with zero attached hydrogens (tertiary/aromatic N) is 4. The van der Waals surface area contributed by atoms with Gasteiger partial charge >= 0.3 is 0 Å². The predicted octanol–water partition coefficient (Wildman–Crippen LogP) is 4.15. The third-order valence-corrected chi connectivity index (χ3v) is 8.66. The Kier molecular flexibility index (Phi) is 6.96. The number of methoxy groups -OCH3 is 1. The highest BCUT2D eigenvalue weighted by molar-refractivity contribution is 7.13. The van der Waals surface area contributed by atoms with Crippen molar-refractivity contribution < 1.29 is 24.0 Å². The van der Waals surface area contributed by atoms with Crippen molar-refractivity contribution in [1.82, 2.24) is 15.0 Å². The van der Waals surface area contributed by atoms with Crippen LogP contribution in [0.1, 0.15) is 56.5 Å². The summed E-state index contributed by atoms with van der Waals surface area (Å²) in [5.74, 6) is -0.401. The highest BCUT2D eigenvalue weighted by Gasteiger charge is 2.48. The van der Waals surface area contributed by atoms with E-state index in [4.69, 9.17) is 9.26 Å². The van der Waals surface area contributed by atoms with Crippen LogP contribution in [-0.2, 0) is 15.0 Å². The number of rotatable bonds is 7. The zero-order valence-corrected chi connectivity index (χ0v) is 23.0. The Bertz CT molecular complexity index is 1380. The predicted molar refractivity (Wildman–Crippen MR) is 143 cm³/mol. The molecule has 1 N–H and O–H groups in total. The van der Waals surface area contributed by atoms with Crippen molar-refractivity contribution in [3.63, 3.8) is 0 Å². The summed E-state index contributed by atoms with van der Waals surface area (Å²) < 4.78 is 10.6. The second-order valence-electron chi connectivity index (χ2n) is 10.7. The first-order valence-electron chi connectivity index (χ1n) is 12.7. The topological polar surface area (TPSA) is 118 Å². The van der Waals surface area contributed by atoms with Crippen LogP contribution in [0, 0.1) is 12.8 Å². The van der Waals surface area contributed by atoms with Crippen molar-refractivity contribution >= 4 is 28.9 Å². The van der Waals surface area contributed by atoms with E-state index < -0.39 is 23.5 Å². The molecule has 4 atom stereocenters. The molecule has 5 rings (SSSR count). The van der Waals surface area contributed by atoms with Gasteiger partial charge < -0.3 is 19.3 Å². The molecule has 0 radical (unpaired) electrons. The van der Waals surface area contributed by atoms with Crippen molar-refractivity contribution in [3.05, 3.63) is 52.9 Å². The highest BCUT2D eigenvalue weighted by Crippen LogP contribution is 2.40.